The summed E-state index contributed by atoms with van der Waals surface area (Å²) in [5.74, 6) is 0.132. The lowest BCUT2D eigenvalue weighted by molar-refractivity contribution is 1.16. The molecule has 0 fully saturated rings. The first-order valence-electron chi connectivity index (χ1n) is 7.71. The Balaban J connectivity index is 1.66. The van der Waals surface area contributed by atoms with Crippen molar-refractivity contribution in [3.05, 3.63) is 82.3 Å². The van der Waals surface area contributed by atoms with E-state index in [2.05, 4.69) is 51.4 Å². The molecule has 4 aromatic rings. The Morgan fingerprint density at radius 2 is 1.67 bits per heavy atom. The largest absolute Gasteiger partial charge is 0.369 e. The minimum Gasteiger partial charge on any atom is -0.369 e. The molecule has 2 heterocycles. The topological polar surface area (TPSA) is 87.6 Å². The molecule has 118 valence electrons. The highest BCUT2D eigenvalue weighted by Crippen LogP contribution is 2.22. The van der Waals surface area contributed by atoms with E-state index < -0.39 is 0 Å². The summed E-state index contributed by atoms with van der Waals surface area (Å²) >= 11 is 0. The second kappa shape index (κ2) is 5.70. The molecule has 0 atom stereocenters. The van der Waals surface area contributed by atoms with Crippen LogP contribution in [-0.2, 0) is 6.42 Å². The molecule has 0 aliphatic carbocycles. The first-order chi connectivity index (χ1) is 11.7. The number of rotatable bonds is 3. The van der Waals surface area contributed by atoms with Crippen LogP contribution >= 0.6 is 0 Å². The number of hydrogen-bond donors (Lipinski definition) is 3. The molecular weight excluding hydrogens is 300 g/mol. The van der Waals surface area contributed by atoms with Crippen LogP contribution in [0.25, 0.3) is 22.2 Å². The van der Waals surface area contributed by atoms with Gasteiger partial charge in [0, 0.05) is 18.2 Å². The molecule has 0 radical (unpaired) electrons. The van der Waals surface area contributed by atoms with E-state index >= 15 is 0 Å². The van der Waals surface area contributed by atoms with E-state index in [-0.39, 0.29) is 11.5 Å². The fourth-order valence-corrected chi connectivity index (χ4v) is 2.88. The minimum atomic E-state index is -0.247. The summed E-state index contributed by atoms with van der Waals surface area (Å²) in [4.78, 5) is 21.6. The highest BCUT2D eigenvalue weighted by atomic mass is 16.1. The predicted octanol–water partition coefficient (Wildman–Crippen LogP) is 3.09. The number of H-pyrrole nitrogens is 2. The van der Waals surface area contributed by atoms with E-state index in [1.807, 2.05) is 24.4 Å². The van der Waals surface area contributed by atoms with Crippen LogP contribution in [0.4, 0.5) is 5.95 Å². The van der Waals surface area contributed by atoms with Crippen LogP contribution < -0.4 is 11.3 Å². The molecule has 0 saturated heterocycles. The van der Waals surface area contributed by atoms with Gasteiger partial charge in [-0.1, -0.05) is 54.6 Å². The van der Waals surface area contributed by atoms with Gasteiger partial charge in [0.2, 0.25) is 5.95 Å². The second-order valence-corrected chi connectivity index (χ2v) is 5.73. The van der Waals surface area contributed by atoms with Crippen LogP contribution in [0.5, 0.6) is 0 Å². The number of aromatic amines is 2. The van der Waals surface area contributed by atoms with Crippen molar-refractivity contribution in [1.82, 2.24) is 15.0 Å². The Hall–Kier alpha value is -3.34. The molecule has 0 spiro atoms. The van der Waals surface area contributed by atoms with Crippen LogP contribution in [0, 0.1) is 0 Å². The van der Waals surface area contributed by atoms with Gasteiger partial charge in [-0.3, -0.25) is 9.78 Å². The monoisotopic (exact) mass is 316 g/mol. The van der Waals surface area contributed by atoms with Crippen molar-refractivity contribution in [1.29, 1.82) is 0 Å². The third-order valence-electron chi connectivity index (χ3n) is 4.09. The average molecular weight is 316 g/mol. The number of nitrogen functional groups attached to an aromatic ring is 1. The van der Waals surface area contributed by atoms with Crippen molar-refractivity contribution in [2.45, 2.75) is 6.42 Å². The SMILES string of the molecule is Nc1nc2c(Cc3ccc(-c4ccccc4)cc3)c[nH]c2c(=O)[nH]1. The summed E-state index contributed by atoms with van der Waals surface area (Å²) in [6, 6.07) is 18.7. The van der Waals surface area contributed by atoms with Crippen molar-refractivity contribution < 1.29 is 0 Å². The smallest absolute Gasteiger partial charge is 0.276 e. The van der Waals surface area contributed by atoms with Crippen LogP contribution in [-0.4, -0.2) is 15.0 Å². The van der Waals surface area contributed by atoms with Crippen molar-refractivity contribution in [3.8, 4) is 11.1 Å². The summed E-state index contributed by atoms with van der Waals surface area (Å²) in [7, 11) is 0. The Kier molecular flexibility index (Phi) is 3.39. The van der Waals surface area contributed by atoms with E-state index in [4.69, 9.17) is 5.73 Å². The van der Waals surface area contributed by atoms with Gasteiger partial charge in [-0.2, -0.15) is 0 Å². The van der Waals surface area contributed by atoms with Crippen LogP contribution in [0.15, 0.2) is 65.6 Å². The fraction of sp³-hybridized carbons (Fsp3) is 0.0526. The van der Waals surface area contributed by atoms with Gasteiger partial charge in [0.15, 0.2) is 0 Å². The summed E-state index contributed by atoms with van der Waals surface area (Å²) in [5, 5.41) is 0. The van der Waals surface area contributed by atoms with Crippen molar-refractivity contribution in [2.24, 2.45) is 0 Å². The maximum absolute atomic E-state index is 11.9. The molecule has 0 saturated carbocycles. The van der Waals surface area contributed by atoms with Crippen LogP contribution in [0.1, 0.15) is 11.1 Å². The zero-order valence-corrected chi connectivity index (χ0v) is 12.9. The third-order valence-corrected chi connectivity index (χ3v) is 4.09. The van der Waals surface area contributed by atoms with Gasteiger partial charge < -0.3 is 10.7 Å². The normalized spacial score (nSPS) is 11.0. The van der Waals surface area contributed by atoms with Crippen molar-refractivity contribution >= 4 is 17.0 Å². The lowest BCUT2D eigenvalue weighted by Crippen LogP contribution is -2.11. The summed E-state index contributed by atoms with van der Waals surface area (Å²) in [6.07, 6.45) is 2.50. The zero-order valence-electron chi connectivity index (χ0n) is 12.9. The van der Waals surface area contributed by atoms with E-state index in [9.17, 15) is 4.79 Å². The number of anilines is 1. The zero-order chi connectivity index (χ0) is 16.5. The van der Waals surface area contributed by atoms with E-state index in [0.29, 0.717) is 17.5 Å². The van der Waals surface area contributed by atoms with Gasteiger partial charge >= 0.3 is 0 Å². The van der Waals surface area contributed by atoms with Gasteiger partial charge in [0.05, 0.1) is 0 Å². The second-order valence-electron chi connectivity index (χ2n) is 5.73. The molecule has 24 heavy (non-hydrogen) atoms. The molecule has 4 N–H and O–H groups in total. The average Bonchev–Trinajstić information content (AvgIpc) is 2.99. The fourth-order valence-electron chi connectivity index (χ4n) is 2.88. The maximum atomic E-state index is 11.9. The van der Waals surface area contributed by atoms with Gasteiger partial charge in [-0.05, 0) is 16.7 Å². The maximum Gasteiger partial charge on any atom is 0.276 e. The first kappa shape index (κ1) is 14.3. The van der Waals surface area contributed by atoms with Gasteiger partial charge in [0.1, 0.15) is 11.0 Å². The molecule has 2 aromatic carbocycles. The molecule has 4 rings (SSSR count). The van der Waals surface area contributed by atoms with Crippen molar-refractivity contribution in [3.63, 3.8) is 0 Å². The minimum absolute atomic E-state index is 0.132. The number of nitrogens with two attached hydrogens (primary N) is 1. The molecule has 5 heteroatoms. The van der Waals surface area contributed by atoms with Gasteiger partial charge in [-0.25, -0.2) is 4.98 Å². The Labute approximate surface area is 138 Å². The molecule has 2 aromatic heterocycles. The molecule has 0 bridgehead atoms. The highest BCUT2D eigenvalue weighted by molar-refractivity contribution is 5.79. The summed E-state index contributed by atoms with van der Waals surface area (Å²) in [5.41, 5.74) is 11.0. The Morgan fingerprint density at radius 3 is 2.42 bits per heavy atom. The third kappa shape index (κ3) is 2.56. The molecule has 0 unspecified atom stereocenters. The van der Waals surface area contributed by atoms with Gasteiger partial charge in [0.25, 0.3) is 5.56 Å². The van der Waals surface area contributed by atoms with E-state index in [1.165, 1.54) is 11.1 Å². The number of hydrogen-bond acceptors (Lipinski definition) is 3. The number of aromatic nitrogens is 3. The number of benzene rings is 2. The molecule has 0 amide bonds. The first-order valence-corrected chi connectivity index (χ1v) is 7.71. The quantitative estimate of drug-likeness (QED) is 0.543. The Bertz CT molecular complexity index is 1050. The number of nitrogens with zero attached hydrogens (tertiary/aromatic N) is 1. The number of nitrogens with one attached hydrogen (secondary N) is 2. The van der Waals surface area contributed by atoms with Crippen LogP contribution in [0.3, 0.4) is 0 Å². The molecular formula is C19H16N4O. The lowest BCUT2D eigenvalue weighted by Gasteiger charge is -2.04. The summed E-state index contributed by atoms with van der Waals surface area (Å²) < 4.78 is 0. The Morgan fingerprint density at radius 1 is 0.958 bits per heavy atom. The highest BCUT2D eigenvalue weighted by Gasteiger charge is 2.10. The van der Waals surface area contributed by atoms with Gasteiger partial charge in [-0.15, -0.1) is 0 Å². The van der Waals surface area contributed by atoms with Crippen molar-refractivity contribution in [2.75, 3.05) is 5.73 Å². The lowest BCUT2D eigenvalue weighted by atomic mass is 10.0. The summed E-state index contributed by atoms with van der Waals surface area (Å²) in [6.45, 7) is 0. The van der Waals surface area contributed by atoms with E-state index in [1.54, 1.807) is 0 Å². The van der Waals surface area contributed by atoms with Crippen LogP contribution in [0.2, 0.25) is 0 Å². The molecule has 0 aliphatic rings. The molecule has 5 nitrogen and oxygen atoms in total. The number of fused-ring (bicyclic) bond motifs is 1. The standard InChI is InChI=1S/C19H16N4O/c20-19-22-16-15(11-21-17(16)18(24)23-19)10-12-6-8-14(9-7-12)13-4-2-1-3-5-13/h1-9,11,21H,10H2,(H3,20,22,23,24). The predicted molar refractivity (Wildman–Crippen MR) is 95.8 cm³/mol. The van der Waals surface area contributed by atoms with E-state index in [0.717, 1.165) is 11.1 Å². The molecule has 0 aliphatic heterocycles.